The summed E-state index contributed by atoms with van der Waals surface area (Å²) in [6.07, 6.45) is 3.56. The number of urea groups is 1. The molecule has 2 saturated heterocycles. The Morgan fingerprint density at radius 3 is 2.52 bits per heavy atom. The number of hydrogen-bond donors (Lipinski definition) is 0. The lowest BCUT2D eigenvalue weighted by Crippen LogP contribution is -2.53. The predicted octanol–water partition coefficient (Wildman–Crippen LogP) is 1.77. The number of amides is 3. The third-order valence-electron chi connectivity index (χ3n) is 5.30. The van der Waals surface area contributed by atoms with E-state index in [2.05, 4.69) is 9.88 Å². The molecule has 2 aliphatic heterocycles. The average molecular weight is 394 g/mol. The van der Waals surface area contributed by atoms with Crippen molar-refractivity contribution in [3.05, 3.63) is 29.0 Å². The molecule has 2 aliphatic rings. The number of carbonyl (C=O) groups is 2. The molecule has 148 valence electrons. The molecular formula is C19H28ClN5O2. The van der Waals surface area contributed by atoms with Gasteiger partial charge in [0.05, 0.1) is 5.92 Å². The van der Waals surface area contributed by atoms with Crippen LogP contribution in [0.2, 0.25) is 5.15 Å². The minimum Gasteiger partial charge on any atom is -0.340 e. The van der Waals surface area contributed by atoms with Crippen molar-refractivity contribution >= 4 is 23.5 Å². The average Bonchev–Trinajstić information content (AvgIpc) is 2.69. The largest absolute Gasteiger partial charge is 0.340 e. The zero-order chi connectivity index (χ0) is 19.4. The van der Waals surface area contributed by atoms with Gasteiger partial charge in [0.15, 0.2) is 0 Å². The van der Waals surface area contributed by atoms with Crippen molar-refractivity contribution in [2.45, 2.75) is 19.4 Å². The Kier molecular flexibility index (Phi) is 6.55. The fraction of sp³-hybridized carbons (Fsp3) is 0.632. The number of nitrogens with zero attached hydrogens (tertiary/aromatic N) is 5. The molecule has 8 heteroatoms. The number of piperidine rings is 1. The second-order valence-corrected chi connectivity index (χ2v) is 7.94. The Morgan fingerprint density at radius 2 is 1.89 bits per heavy atom. The number of aromatic nitrogens is 1. The van der Waals surface area contributed by atoms with Crippen LogP contribution in [-0.2, 0) is 11.3 Å². The molecule has 0 unspecified atom stereocenters. The molecule has 1 atom stereocenters. The highest BCUT2D eigenvalue weighted by molar-refractivity contribution is 6.29. The quantitative estimate of drug-likeness (QED) is 0.734. The molecule has 3 rings (SSSR count). The maximum atomic E-state index is 12.9. The standard InChI is InChI=1S/C19H28ClN5O2/c1-22(2)19(27)25-7-3-4-16(14-25)18(26)24-10-8-23(9-11-24)13-15-5-6-17(20)21-12-15/h5-6,12,16H,3-4,7-11,13-14H2,1-2H3/t16-/m1/s1. The van der Waals surface area contributed by atoms with Crippen LogP contribution in [0.5, 0.6) is 0 Å². The van der Waals surface area contributed by atoms with Crippen LogP contribution in [0.15, 0.2) is 18.3 Å². The van der Waals surface area contributed by atoms with Crippen molar-refractivity contribution in [3.63, 3.8) is 0 Å². The number of halogens is 1. The van der Waals surface area contributed by atoms with E-state index in [4.69, 9.17) is 11.6 Å². The highest BCUT2D eigenvalue weighted by Crippen LogP contribution is 2.21. The lowest BCUT2D eigenvalue weighted by Gasteiger charge is -2.39. The fourth-order valence-electron chi connectivity index (χ4n) is 3.78. The van der Waals surface area contributed by atoms with Gasteiger partial charge in [0.1, 0.15) is 5.15 Å². The minimum absolute atomic E-state index is 0.00565. The molecule has 7 nitrogen and oxygen atoms in total. The molecule has 3 heterocycles. The van der Waals surface area contributed by atoms with E-state index in [1.165, 1.54) is 0 Å². The molecule has 0 spiro atoms. The van der Waals surface area contributed by atoms with Gasteiger partial charge < -0.3 is 14.7 Å². The molecule has 0 radical (unpaired) electrons. The van der Waals surface area contributed by atoms with Gasteiger partial charge in [-0.15, -0.1) is 0 Å². The second kappa shape index (κ2) is 8.89. The lowest BCUT2D eigenvalue weighted by molar-refractivity contribution is -0.138. The molecule has 0 saturated carbocycles. The Morgan fingerprint density at radius 1 is 1.15 bits per heavy atom. The third-order valence-corrected chi connectivity index (χ3v) is 5.53. The van der Waals surface area contributed by atoms with Gasteiger partial charge in [0, 0.05) is 66.1 Å². The van der Waals surface area contributed by atoms with E-state index in [1.54, 1.807) is 36.2 Å². The van der Waals surface area contributed by atoms with E-state index in [9.17, 15) is 9.59 Å². The Bertz CT molecular complexity index is 659. The van der Waals surface area contributed by atoms with Crippen LogP contribution in [-0.4, -0.2) is 89.9 Å². The Labute approximate surface area is 165 Å². The molecule has 0 aliphatic carbocycles. The first-order chi connectivity index (χ1) is 12.9. The van der Waals surface area contributed by atoms with E-state index < -0.39 is 0 Å². The van der Waals surface area contributed by atoms with Gasteiger partial charge in [-0.25, -0.2) is 9.78 Å². The number of hydrogen-bond acceptors (Lipinski definition) is 4. The molecule has 1 aromatic rings. The monoisotopic (exact) mass is 393 g/mol. The van der Waals surface area contributed by atoms with Crippen LogP contribution in [0.4, 0.5) is 4.79 Å². The van der Waals surface area contributed by atoms with E-state index in [0.29, 0.717) is 11.7 Å². The number of rotatable bonds is 3. The molecule has 27 heavy (non-hydrogen) atoms. The van der Waals surface area contributed by atoms with Gasteiger partial charge in [-0.05, 0) is 24.5 Å². The number of carbonyl (C=O) groups excluding carboxylic acids is 2. The summed E-state index contributed by atoms with van der Waals surface area (Å²) in [4.78, 5) is 36.9. The maximum absolute atomic E-state index is 12.9. The Hall–Kier alpha value is -1.86. The first-order valence-corrected chi connectivity index (χ1v) is 9.89. The van der Waals surface area contributed by atoms with Gasteiger partial charge in [0.25, 0.3) is 0 Å². The smallest absolute Gasteiger partial charge is 0.319 e. The van der Waals surface area contributed by atoms with Gasteiger partial charge in [-0.3, -0.25) is 9.69 Å². The van der Waals surface area contributed by atoms with Gasteiger partial charge in [-0.2, -0.15) is 0 Å². The van der Waals surface area contributed by atoms with Crippen molar-refractivity contribution in [1.29, 1.82) is 0 Å². The normalized spacial score (nSPS) is 21.2. The molecule has 3 amide bonds. The summed E-state index contributed by atoms with van der Waals surface area (Å²) in [7, 11) is 3.51. The summed E-state index contributed by atoms with van der Waals surface area (Å²) in [6, 6.07) is 3.79. The van der Waals surface area contributed by atoms with E-state index in [-0.39, 0.29) is 17.9 Å². The summed E-state index contributed by atoms with van der Waals surface area (Å²) in [6.45, 7) is 5.26. The summed E-state index contributed by atoms with van der Waals surface area (Å²) in [5.74, 6) is 0.119. The molecule has 0 bridgehead atoms. The maximum Gasteiger partial charge on any atom is 0.319 e. The van der Waals surface area contributed by atoms with Crippen molar-refractivity contribution in [2.75, 3.05) is 53.4 Å². The summed E-state index contributed by atoms with van der Waals surface area (Å²) in [5, 5.41) is 0.503. The molecule has 0 aromatic carbocycles. The highest BCUT2D eigenvalue weighted by atomic mass is 35.5. The second-order valence-electron chi connectivity index (χ2n) is 7.55. The molecular weight excluding hydrogens is 366 g/mol. The summed E-state index contributed by atoms with van der Waals surface area (Å²) in [5.41, 5.74) is 1.13. The summed E-state index contributed by atoms with van der Waals surface area (Å²) >= 11 is 5.83. The van der Waals surface area contributed by atoms with Crippen molar-refractivity contribution < 1.29 is 9.59 Å². The zero-order valence-electron chi connectivity index (χ0n) is 16.1. The van der Waals surface area contributed by atoms with Gasteiger partial charge >= 0.3 is 6.03 Å². The minimum atomic E-state index is -0.0744. The van der Waals surface area contributed by atoms with Crippen molar-refractivity contribution in [3.8, 4) is 0 Å². The van der Waals surface area contributed by atoms with E-state index >= 15 is 0 Å². The topological polar surface area (TPSA) is 60.0 Å². The van der Waals surface area contributed by atoms with Gasteiger partial charge in [-0.1, -0.05) is 17.7 Å². The first kappa shape index (κ1) is 19.9. The number of pyridine rings is 1. The van der Waals surface area contributed by atoms with Crippen molar-refractivity contribution in [1.82, 2.24) is 24.6 Å². The zero-order valence-corrected chi connectivity index (χ0v) is 16.9. The highest BCUT2D eigenvalue weighted by Gasteiger charge is 2.33. The predicted molar refractivity (Wildman–Crippen MR) is 104 cm³/mol. The third kappa shape index (κ3) is 5.11. The van der Waals surface area contributed by atoms with Crippen LogP contribution in [0.3, 0.4) is 0 Å². The molecule has 2 fully saturated rings. The Balaban J connectivity index is 1.49. The van der Waals surface area contributed by atoms with Crippen molar-refractivity contribution in [2.24, 2.45) is 5.92 Å². The van der Waals surface area contributed by atoms with Crippen LogP contribution in [0.1, 0.15) is 18.4 Å². The van der Waals surface area contributed by atoms with Crippen LogP contribution >= 0.6 is 11.6 Å². The molecule has 1 aromatic heterocycles. The first-order valence-electron chi connectivity index (χ1n) is 9.52. The van der Waals surface area contributed by atoms with Crippen LogP contribution in [0, 0.1) is 5.92 Å². The summed E-state index contributed by atoms with van der Waals surface area (Å²) < 4.78 is 0. The van der Waals surface area contributed by atoms with Crippen LogP contribution in [0.25, 0.3) is 0 Å². The number of piperazine rings is 1. The van der Waals surface area contributed by atoms with Gasteiger partial charge in [0.2, 0.25) is 5.91 Å². The lowest BCUT2D eigenvalue weighted by atomic mass is 9.96. The SMILES string of the molecule is CN(C)C(=O)N1CCC[C@@H](C(=O)N2CCN(Cc3ccc(Cl)nc3)CC2)C1. The molecule has 0 N–H and O–H groups in total. The fourth-order valence-corrected chi connectivity index (χ4v) is 3.89. The number of likely N-dealkylation sites (tertiary alicyclic amines) is 1. The van der Waals surface area contributed by atoms with E-state index in [0.717, 1.165) is 57.7 Å². The van der Waals surface area contributed by atoms with Crippen LogP contribution < -0.4 is 0 Å². The van der Waals surface area contributed by atoms with E-state index in [1.807, 2.05) is 11.0 Å².